The largest absolute Gasteiger partial charge is 0.344 e. The van der Waals surface area contributed by atoms with Crippen molar-refractivity contribution in [2.45, 2.75) is 38.5 Å². The Morgan fingerprint density at radius 1 is 1.16 bits per heavy atom. The highest BCUT2D eigenvalue weighted by molar-refractivity contribution is 8.03. The van der Waals surface area contributed by atoms with Crippen molar-refractivity contribution in [1.82, 2.24) is 4.90 Å². The fraction of sp³-hybridized carbons (Fsp3) is 0.333. The number of nitrogens with zero attached hydrogens (tertiary/aromatic N) is 3. The third kappa shape index (κ3) is 4.43. The van der Waals surface area contributed by atoms with Crippen LogP contribution in [0.3, 0.4) is 0 Å². The number of amides is 1. The number of hydrogen-bond donors (Lipinski definition) is 0. The van der Waals surface area contributed by atoms with Gasteiger partial charge in [0.15, 0.2) is 0 Å². The fourth-order valence-electron chi connectivity index (χ4n) is 4.07. The summed E-state index contributed by atoms with van der Waals surface area (Å²) in [7, 11) is 0. The van der Waals surface area contributed by atoms with Crippen LogP contribution in [0.4, 0.5) is 5.69 Å². The molecule has 0 aliphatic carbocycles. The number of allylic oxidation sites excluding steroid dienone is 1. The monoisotopic (exact) mass is 471 g/mol. The molecular formula is C24H23Cl2N3OS. The Morgan fingerprint density at radius 3 is 2.52 bits per heavy atom. The molecule has 1 atom stereocenters. The van der Waals surface area contributed by atoms with Crippen LogP contribution in [-0.2, 0) is 11.2 Å². The number of benzene rings is 2. The lowest BCUT2D eigenvalue weighted by Crippen LogP contribution is -2.47. The minimum Gasteiger partial charge on any atom is -0.344 e. The number of fused-ring (bicyclic) bond motifs is 1. The Kier molecular flexibility index (Phi) is 6.81. The summed E-state index contributed by atoms with van der Waals surface area (Å²) in [6, 6.07) is 16.2. The molecule has 2 aromatic rings. The van der Waals surface area contributed by atoms with E-state index in [0.29, 0.717) is 33.7 Å². The first-order valence-electron chi connectivity index (χ1n) is 10.4. The molecule has 0 unspecified atom stereocenters. The van der Waals surface area contributed by atoms with E-state index in [0.717, 1.165) is 17.1 Å². The topological polar surface area (TPSA) is 47.3 Å². The van der Waals surface area contributed by atoms with Crippen molar-refractivity contribution in [3.05, 3.63) is 74.2 Å². The van der Waals surface area contributed by atoms with Crippen LogP contribution in [-0.4, -0.2) is 23.4 Å². The van der Waals surface area contributed by atoms with Crippen LogP contribution in [0.15, 0.2) is 53.1 Å². The number of carbonyl (C=O) groups is 1. The van der Waals surface area contributed by atoms with Gasteiger partial charge in [-0.1, -0.05) is 66.5 Å². The van der Waals surface area contributed by atoms with Crippen molar-refractivity contribution in [3.63, 3.8) is 0 Å². The number of carbonyl (C=O) groups excluding carboxylic acids is 1. The van der Waals surface area contributed by atoms with Gasteiger partial charge in [-0.05, 0) is 48.2 Å². The molecule has 2 aliphatic heterocycles. The van der Waals surface area contributed by atoms with Gasteiger partial charge in [0.25, 0.3) is 0 Å². The zero-order chi connectivity index (χ0) is 22.0. The van der Waals surface area contributed by atoms with Crippen LogP contribution >= 0.6 is 35.0 Å². The highest BCUT2D eigenvalue weighted by Crippen LogP contribution is 2.46. The third-order valence-corrected chi connectivity index (χ3v) is 7.58. The third-order valence-electron chi connectivity index (χ3n) is 5.76. The zero-order valence-electron chi connectivity index (χ0n) is 17.3. The molecule has 4 rings (SSSR count). The number of hydrogen-bond acceptors (Lipinski definition) is 4. The van der Waals surface area contributed by atoms with E-state index in [9.17, 15) is 10.1 Å². The Bertz CT molecular complexity index is 1040. The zero-order valence-corrected chi connectivity index (χ0v) is 19.6. The second-order valence-corrected chi connectivity index (χ2v) is 9.52. The van der Waals surface area contributed by atoms with Crippen LogP contribution in [0.1, 0.15) is 43.2 Å². The first-order valence-corrected chi connectivity index (χ1v) is 12.1. The van der Waals surface area contributed by atoms with E-state index in [1.807, 2.05) is 0 Å². The number of aryl methyl sites for hydroxylation is 1. The van der Waals surface area contributed by atoms with Crippen molar-refractivity contribution in [1.29, 1.82) is 5.26 Å². The summed E-state index contributed by atoms with van der Waals surface area (Å²) in [5, 5.41) is 11.6. The van der Waals surface area contributed by atoms with Gasteiger partial charge >= 0.3 is 0 Å². The molecule has 4 nitrogen and oxygen atoms in total. The van der Waals surface area contributed by atoms with Crippen molar-refractivity contribution >= 4 is 46.6 Å². The Labute approximate surface area is 197 Å². The molecule has 0 aromatic heterocycles. The number of unbranched alkanes of at least 4 members (excludes halogenated alkanes) is 1. The lowest BCUT2D eigenvalue weighted by Gasteiger charge is -2.42. The van der Waals surface area contributed by atoms with Crippen molar-refractivity contribution < 1.29 is 4.79 Å². The average molecular weight is 472 g/mol. The van der Waals surface area contributed by atoms with Gasteiger partial charge in [-0.2, -0.15) is 5.26 Å². The molecular weight excluding hydrogens is 449 g/mol. The van der Waals surface area contributed by atoms with Gasteiger partial charge in [-0.3, -0.25) is 9.69 Å². The molecule has 1 amide bonds. The van der Waals surface area contributed by atoms with Crippen LogP contribution in [0.25, 0.3) is 0 Å². The molecule has 0 saturated carbocycles. The molecule has 0 N–H and O–H groups in total. The fourth-order valence-corrected chi connectivity index (χ4v) is 5.90. The Hall–Kier alpha value is -2.13. The van der Waals surface area contributed by atoms with Crippen molar-refractivity contribution in [2.75, 3.05) is 17.4 Å². The number of anilines is 1. The molecule has 1 fully saturated rings. The maximum Gasteiger partial charge on any atom is 0.229 e. The van der Waals surface area contributed by atoms with E-state index < -0.39 is 5.92 Å². The molecule has 160 valence electrons. The van der Waals surface area contributed by atoms with Gasteiger partial charge < -0.3 is 4.90 Å². The molecule has 2 aromatic carbocycles. The van der Waals surface area contributed by atoms with Crippen molar-refractivity contribution in [2.24, 2.45) is 0 Å². The maximum atomic E-state index is 13.1. The molecule has 2 aliphatic rings. The standard InChI is InChI=1S/C24H23Cl2N3OS/c1-2-3-5-16-8-10-17(11-9-16)28-14-29-22(30)12-18(19(13-27)24(29)31-15-28)23-20(25)6-4-7-21(23)26/h4,6-11,18H,2-3,5,12,14-15H2,1H3/t18-/m1/s1. The van der Waals surface area contributed by atoms with E-state index in [1.54, 1.807) is 23.1 Å². The molecule has 0 radical (unpaired) electrons. The van der Waals surface area contributed by atoms with Crippen LogP contribution in [0, 0.1) is 11.3 Å². The van der Waals surface area contributed by atoms with Crippen LogP contribution in [0.2, 0.25) is 10.0 Å². The smallest absolute Gasteiger partial charge is 0.229 e. The summed E-state index contributed by atoms with van der Waals surface area (Å²) < 4.78 is 0. The normalized spacial score (nSPS) is 18.8. The number of halogens is 2. The first-order chi connectivity index (χ1) is 15.0. The van der Waals surface area contributed by atoms with Gasteiger partial charge in [-0.25, -0.2) is 0 Å². The molecule has 0 spiro atoms. The molecule has 1 saturated heterocycles. The van der Waals surface area contributed by atoms with Gasteiger partial charge in [-0.15, -0.1) is 0 Å². The molecule has 31 heavy (non-hydrogen) atoms. The van der Waals surface area contributed by atoms with E-state index >= 15 is 0 Å². The molecule has 7 heteroatoms. The number of thioether (sulfide) groups is 1. The number of nitriles is 1. The summed E-state index contributed by atoms with van der Waals surface area (Å²) in [6.07, 6.45) is 3.63. The van der Waals surface area contributed by atoms with Gasteiger partial charge in [0.05, 0.1) is 29.2 Å². The minimum absolute atomic E-state index is 0.0215. The summed E-state index contributed by atoms with van der Waals surface area (Å²) in [5.41, 5.74) is 3.63. The van der Waals surface area contributed by atoms with E-state index in [-0.39, 0.29) is 12.3 Å². The molecule has 0 bridgehead atoms. The molecule has 2 heterocycles. The summed E-state index contributed by atoms with van der Waals surface area (Å²) in [4.78, 5) is 17.0. The second-order valence-electron chi connectivity index (χ2n) is 7.77. The quantitative estimate of drug-likeness (QED) is 0.495. The highest BCUT2D eigenvalue weighted by Gasteiger charge is 2.39. The second kappa shape index (κ2) is 9.56. The van der Waals surface area contributed by atoms with Crippen LogP contribution in [0.5, 0.6) is 0 Å². The SMILES string of the molecule is CCCCc1ccc(N2CSC3=C(C#N)[C@H](c4c(Cl)cccc4Cl)CC(=O)N3C2)cc1. The Balaban J connectivity index is 1.60. The first kappa shape index (κ1) is 22.1. The summed E-state index contributed by atoms with van der Waals surface area (Å²) in [5.74, 6) is 0.232. The average Bonchev–Trinajstić information content (AvgIpc) is 2.78. The van der Waals surface area contributed by atoms with E-state index in [2.05, 4.69) is 42.2 Å². The number of rotatable bonds is 5. The predicted molar refractivity (Wildman–Crippen MR) is 128 cm³/mol. The lowest BCUT2D eigenvalue weighted by molar-refractivity contribution is -0.129. The van der Waals surface area contributed by atoms with Crippen LogP contribution < -0.4 is 4.90 Å². The van der Waals surface area contributed by atoms with Gasteiger partial charge in [0.1, 0.15) is 0 Å². The van der Waals surface area contributed by atoms with Crippen molar-refractivity contribution in [3.8, 4) is 6.07 Å². The minimum atomic E-state index is -0.415. The Morgan fingerprint density at radius 2 is 1.87 bits per heavy atom. The maximum absolute atomic E-state index is 13.1. The van der Waals surface area contributed by atoms with Gasteiger partial charge in [0, 0.05) is 28.1 Å². The van der Waals surface area contributed by atoms with E-state index in [4.69, 9.17) is 23.2 Å². The van der Waals surface area contributed by atoms with E-state index in [1.165, 1.54) is 30.2 Å². The van der Waals surface area contributed by atoms with Gasteiger partial charge in [0.2, 0.25) is 5.91 Å². The summed E-state index contributed by atoms with van der Waals surface area (Å²) in [6.45, 7) is 2.63. The predicted octanol–water partition coefficient (Wildman–Crippen LogP) is 6.56. The lowest BCUT2D eigenvalue weighted by atomic mass is 9.86. The summed E-state index contributed by atoms with van der Waals surface area (Å²) >= 11 is 14.3. The highest BCUT2D eigenvalue weighted by atomic mass is 35.5.